The minimum atomic E-state index is 0.489. The van der Waals surface area contributed by atoms with Crippen molar-refractivity contribution in [3.63, 3.8) is 0 Å². The smallest absolute Gasteiger partial charge is 0.0200 e. The van der Waals surface area contributed by atoms with Gasteiger partial charge in [-0.25, -0.2) is 0 Å². The third-order valence-corrected chi connectivity index (χ3v) is 4.42. The lowest BCUT2D eigenvalue weighted by molar-refractivity contribution is 0.548. The van der Waals surface area contributed by atoms with Crippen LogP contribution in [0.1, 0.15) is 31.6 Å². The summed E-state index contributed by atoms with van der Waals surface area (Å²) in [5.41, 5.74) is 0.489. The van der Waals surface area contributed by atoms with Gasteiger partial charge < -0.3 is 5.32 Å². The molecule has 0 aliphatic heterocycles. The number of nitrogens with one attached hydrogen (secondary N) is 1. The van der Waals surface area contributed by atoms with Gasteiger partial charge in [0.25, 0.3) is 0 Å². The summed E-state index contributed by atoms with van der Waals surface area (Å²) in [4.78, 5) is 1.58. The van der Waals surface area contributed by atoms with Crippen LogP contribution in [-0.2, 0) is 5.41 Å². The summed E-state index contributed by atoms with van der Waals surface area (Å²) in [6.07, 6.45) is 2.60. The van der Waals surface area contributed by atoms with Crippen LogP contribution in [0.3, 0.4) is 0 Å². The fraction of sp³-hybridized carbons (Fsp3) is 0.667. The quantitative estimate of drug-likeness (QED) is 0.735. The summed E-state index contributed by atoms with van der Waals surface area (Å²) < 4.78 is 0. The Balaban J connectivity index is 1.98. The van der Waals surface area contributed by atoms with E-state index in [-0.39, 0.29) is 0 Å². The Kier molecular flexibility index (Phi) is 2.93. The molecule has 1 N–H and O–H groups in total. The van der Waals surface area contributed by atoms with Crippen LogP contribution in [0, 0.1) is 5.92 Å². The third kappa shape index (κ3) is 1.73. The van der Waals surface area contributed by atoms with Crippen LogP contribution < -0.4 is 5.32 Å². The normalized spacial score (nSPS) is 30.6. The Labute approximate surface area is 90.5 Å². The highest BCUT2D eigenvalue weighted by Gasteiger charge is 2.52. The Morgan fingerprint density at radius 1 is 1.64 bits per heavy atom. The van der Waals surface area contributed by atoms with Crippen molar-refractivity contribution in [1.82, 2.24) is 5.32 Å². The van der Waals surface area contributed by atoms with E-state index in [2.05, 4.69) is 36.7 Å². The van der Waals surface area contributed by atoms with Crippen molar-refractivity contribution in [2.75, 3.05) is 13.1 Å². The first-order chi connectivity index (χ1) is 6.79. The van der Waals surface area contributed by atoms with Crippen molar-refractivity contribution >= 4 is 11.3 Å². The second-order valence-electron chi connectivity index (χ2n) is 4.42. The highest BCUT2D eigenvalue weighted by atomic mass is 32.1. The lowest BCUT2D eigenvalue weighted by atomic mass is 10.0. The molecule has 0 aromatic carbocycles. The molecule has 1 aromatic heterocycles. The van der Waals surface area contributed by atoms with Gasteiger partial charge in [0.1, 0.15) is 0 Å². The van der Waals surface area contributed by atoms with E-state index < -0.39 is 0 Å². The fourth-order valence-electron chi connectivity index (χ4n) is 2.21. The van der Waals surface area contributed by atoms with Gasteiger partial charge in [-0.15, -0.1) is 11.3 Å². The number of thiophene rings is 1. The van der Waals surface area contributed by atoms with Gasteiger partial charge >= 0.3 is 0 Å². The highest BCUT2D eigenvalue weighted by molar-refractivity contribution is 7.10. The van der Waals surface area contributed by atoms with Gasteiger partial charge in [0, 0.05) is 16.8 Å². The fourth-order valence-corrected chi connectivity index (χ4v) is 3.27. The molecule has 0 amide bonds. The zero-order valence-corrected chi connectivity index (χ0v) is 9.86. The lowest BCUT2D eigenvalue weighted by Gasteiger charge is -2.15. The van der Waals surface area contributed by atoms with Crippen molar-refractivity contribution in [3.05, 3.63) is 22.4 Å². The second-order valence-corrected chi connectivity index (χ2v) is 5.36. The summed E-state index contributed by atoms with van der Waals surface area (Å²) >= 11 is 1.91. The van der Waals surface area contributed by atoms with E-state index in [4.69, 9.17) is 0 Å². The molecule has 1 aliphatic rings. The molecule has 0 bridgehead atoms. The zero-order valence-electron chi connectivity index (χ0n) is 9.05. The highest BCUT2D eigenvalue weighted by Crippen LogP contribution is 2.54. The molecule has 2 heteroatoms. The standard InChI is InChI=1S/C12H19NS/c1-3-6-13-9-12(8-10(12)2)11-5-4-7-14-11/h4-5,7,10,13H,3,6,8-9H2,1-2H3. The molecule has 1 heterocycles. The van der Waals surface area contributed by atoms with Gasteiger partial charge in [-0.2, -0.15) is 0 Å². The first kappa shape index (κ1) is 10.2. The average Bonchev–Trinajstić information content (AvgIpc) is 2.68. The van der Waals surface area contributed by atoms with Gasteiger partial charge in [0.15, 0.2) is 0 Å². The van der Waals surface area contributed by atoms with Gasteiger partial charge in [0.2, 0.25) is 0 Å². The van der Waals surface area contributed by atoms with Crippen molar-refractivity contribution in [3.8, 4) is 0 Å². The predicted octanol–water partition coefficient (Wildman–Crippen LogP) is 3.03. The minimum absolute atomic E-state index is 0.489. The monoisotopic (exact) mass is 209 g/mol. The van der Waals surface area contributed by atoms with Crippen LogP contribution in [0.4, 0.5) is 0 Å². The maximum atomic E-state index is 3.56. The first-order valence-corrected chi connectivity index (χ1v) is 6.42. The Morgan fingerprint density at radius 2 is 2.43 bits per heavy atom. The van der Waals surface area contributed by atoms with Crippen molar-refractivity contribution in [2.45, 2.75) is 32.1 Å². The van der Waals surface area contributed by atoms with Gasteiger partial charge in [-0.3, -0.25) is 0 Å². The SMILES string of the molecule is CCCNCC1(c2cccs2)CC1C. The number of hydrogen-bond acceptors (Lipinski definition) is 2. The van der Waals surface area contributed by atoms with Crippen LogP contribution in [0.25, 0.3) is 0 Å². The minimum Gasteiger partial charge on any atom is -0.316 e. The van der Waals surface area contributed by atoms with E-state index in [1.165, 1.54) is 19.4 Å². The van der Waals surface area contributed by atoms with Crippen molar-refractivity contribution < 1.29 is 0 Å². The van der Waals surface area contributed by atoms with E-state index >= 15 is 0 Å². The van der Waals surface area contributed by atoms with E-state index in [0.717, 1.165) is 12.5 Å². The number of rotatable bonds is 5. The first-order valence-electron chi connectivity index (χ1n) is 5.54. The molecular weight excluding hydrogens is 190 g/mol. The second kappa shape index (κ2) is 4.03. The lowest BCUT2D eigenvalue weighted by Crippen LogP contribution is -2.28. The summed E-state index contributed by atoms with van der Waals surface area (Å²) in [6, 6.07) is 4.47. The van der Waals surface area contributed by atoms with E-state index in [0.29, 0.717) is 5.41 Å². The Bertz CT molecular complexity index is 281. The van der Waals surface area contributed by atoms with E-state index in [9.17, 15) is 0 Å². The maximum absolute atomic E-state index is 3.56. The number of hydrogen-bond donors (Lipinski definition) is 1. The van der Waals surface area contributed by atoms with Crippen LogP contribution in [0.2, 0.25) is 0 Å². The molecule has 1 fully saturated rings. The summed E-state index contributed by atoms with van der Waals surface area (Å²) in [5, 5.41) is 5.76. The zero-order chi connectivity index (χ0) is 10.0. The Morgan fingerprint density at radius 3 is 2.93 bits per heavy atom. The molecule has 2 atom stereocenters. The molecule has 1 saturated carbocycles. The molecule has 78 valence electrons. The summed E-state index contributed by atoms with van der Waals surface area (Å²) in [6.45, 7) is 6.91. The van der Waals surface area contributed by atoms with Crippen LogP contribution >= 0.6 is 11.3 Å². The topological polar surface area (TPSA) is 12.0 Å². The molecule has 2 rings (SSSR count). The molecule has 0 radical (unpaired) electrons. The maximum Gasteiger partial charge on any atom is 0.0200 e. The Hall–Kier alpha value is -0.340. The molecular formula is C12H19NS. The van der Waals surface area contributed by atoms with Crippen LogP contribution in [0.15, 0.2) is 17.5 Å². The summed E-state index contributed by atoms with van der Waals surface area (Å²) in [5.74, 6) is 0.866. The molecule has 14 heavy (non-hydrogen) atoms. The molecule has 0 saturated heterocycles. The van der Waals surface area contributed by atoms with Crippen molar-refractivity contribution in [2.24, 2.45) is 5.92 Å². The average molecular weight is 209 g/mol. The summed E-state index contributed by atoms with van der Waals surface area (Å²) in [7, 11) is 0. The van der Waals surface area contributed by atoms with Gasteiger partial charge in [-0.05, 0) is 36.8 Å². The molecule has 1 aromatic rings. The molecule has 0 spiro atoms. The van der Waals surface area contributed by atoms with Gasteiger partial charge in [0.05, 0.1) is 0 Å². The molecule has 1 aliphatic carbocycles. The third-order valence-electron chi connectivity index (χ3n) is 3.33. The van der Waals surface area contributed by atoms with E-state index in [1.807, 2.05) is 11.3 Å². The molecule has 2 unspecified atom stereocenters. The van der Waals surface area contributed by atoms with E-state index in [1.54, 1.807) is 4.88 Å². The van der Waals surface area contributed by atoms with Crippen LogP contribution in [0.5, 0.6) is 0 Å². The van der Waals surface area contributed by atoms with Crippen molar-refractivity contribution in [1.29, 1.82) is 0 Å². The van der Waals surface area contributed by atoms with Crippen LogP contribution in [-0.4, -0.2) is 13.1 Å². The largest absolute Gasteiger partial charge is 0.316 e. The molecule has 1 nitrogen and oxygen atoms in total. The predicted molar refractivity (Wildman–Crippen MR) is 62.9 cm³/mol. The van der Waals surface area contributed by atoms with Gasteiger partial charge in [-0.1, -0.05) is 19.9 Å².